The molecule has 0 saturated heterocycles. The highest BCUT2D eigenvalue weighted by Gasteiger charge is 2.18. The van der Waals surface area contributed by atoms with E-state index in [0.717, 1.165) is 17.5 Å². The van der Waals surface area contributed by atoms with E-state index in [1.807, 2.05) is 69.3 Å². The number of amides is 1. The lowest BCUT2D eigenvalue weighted by molar-refractivity contribution is -0.135. The molecule has 0 saturated carbocycles. The van der Waals surface area contributed by atoms with Gasteiger partial charge in [-0.05, 0) is 29.7 Å². The first-order valence-corrected chi connectivity index (χ1v) is 12.0. The van der Waals surface area contributed by atoms with Crippen molar-refractivity contribution in [3.63, 3.8) is 0 Å². The maximum absolute atomic E-state index is 12.7. The van der Waals surface area contributed by atoms with E-state index in [2.05, 4.69) is 4.72 Å². The summed E-state index contributed by atoms with van der Waals surface area (Å²) in [7, 11) is 0.552. The fourth-order valence-corrected chi connectivity index (χ4v) is 3.90. The van der Waals surface area contributed by atoms with Crippen molar-refractivity contribution in [1.82, 2.24) is 9.62 Å². The minimum Gasteiger partial charge on any atom is -0.493 e. The number of hydrogen-bond donors (Lipinski definition) is 1. The van der Waals surface area contributed by atoms with Crippen molar-refractivity contribution in [1.29, 1.82) is 0 Å². The van der Waals surface area contributed by atoms with Crippen LogP contribution in [-0.4, -0.2) is 41.0 Å². The van der Waals surface area contributed by atoms with Gasteiger partial charge in [-0.3, -0.25) is 4.79 Å². The van der Waals surface area contributed by atoms with Gasteiger partial charge in [-0.25, -0.2) is 8.93 Å². The van der Waals surface area contributed by atoms with Crippen LogP contribution in [0, 0.1) is 5.92 Å². The molecule has 2 rings (SSSR count). The highest BCUT2D eigenvalue weighted by atomic mass is 32.2. The fraction of sp³-hybridized carbons (Fsp3) is 0.458. The van der Waals surface area contributed by atoms with Crippen molar-refractivity contribution < 1.29 is 18.5 Å². The summed E-state index contributed by atoms with van der Waals surface area (Å²) in [5.41, 5.74) is 2.03. The molecule has 1 unspecified atom stereocenters. The van der Waals surface area contributed by atoms with E-state index >= 15 is 0 Å². The van der Waals surface area contributed by atoms with Crippen molar-refractivity contribution in [2.24, 2.45) is 5.92 Å². The predicted octanol–water partition coefficient (Wildman–Crippen LogP) is 3.92. The highest BCUT2D eigenvalue weighted by molar-refractivity contribution is 7.83. The Kier molecular flexibility index (Phi) is 10.5. The van der Waals surface area contributed by atoms with Gasteiger partial charge >= 0.3 is 0 Å². The van der Waals surface area contributed by atoms with E-state index in [1.165, 1.54) is 0 Å². The van der Waals surface area contributed by atoms with Gasteiger partial charge in [-0.15, -0.1) is 0 Å². The summed E-state index contributed by atoms with van der Waals surface area (Å²) in [6.07, 6.45) is 0.854. The molecule has 1 amide bonds. The van der Waals surface area contributed by atoms with Crippen LogP contribution in [0.4, 0.5) is 0 Å². The van der Waals surface area contributed by atoms with E-state index in [1.54, 1.807) is 12.0 Å². The maximum atomic E-state index is 12.7. The van der Waals surface area contributed by atoms with Crippen LogP contribution in [0.2, 0.25) is 0 Å². The van der Waals surface area contributed by atoms with Crippen LogP contribution in [-0.2, 0) is 28.9 Å². The normalized spacial score (nSPS) is 11.9. The molecule has 0 heterocycles. The zero-order valence-corrected chi connectivity index (χ0v) is 19.7. The summed E-state index contributed by atoms with van der Waals surface area (Å²) < 4.78 is 26.3. The van der Waals surface area contributed by atoms with Crippen LogP contribution < -0.4 is 14.2 Å². The zero-order chi connectivity index (χ0) is 22.6. The number of carbonyl (C=O) groups excluding carboxylic acids is 1. The third-order valence-electron chi connectivity index (χ3n) is 4.68. The van der Waals surface area contributed by atoms with Crippen molar-refractivity contribution in [2.75, 3.05) is 26.0 Å². The van der Waals surface area contributed by atoms with Crippen LogP contribution in [0.15, 0.2) is 48.5 Å². The number of hydrogen-bond acceptors (Lipinski definition) is 4. The Balaban J connectivity index is 2.05. The summed E-state index contributed by atoms with van der Waals surface area (Å²) >= 11 is 0. The standard InChI is InChI=1S/C24H34N2O4S/c1-5-15-31(28)25-13-14-26(24(27)19(2)3)17-21-11-12-22(23(16-21)29-4)30-18-20-9-7-6-8-10-20/h6-12,16,19,25H,5,13-15,17-18H2,1-4H3. The predicted molar refractivity (Wildman–Crippen MR) is 125 cm³/mol. The van der Waals surface area contributed by atoms with Crippen LogP contribution in [0.5, 0.6) is 11.5 Å². The fourth-order valence-electron chi connectivity index (χ4n) is 3.07. The molecule has 0 radical (unpaired) electrons. The Labute approximate surface area is 188 Å². The molecule has 1 atom stereocenters. The smallest absolute Gasteiger partial charge is 0.225 e. The largest absolute Gasteiger partial charge is 0.493 e. The molecule has 0 spiro atoms. The maximum Gasteiger partial charge on any atom is 0.225 e. The number of nitrogens with one attached hydrogen (secondary N) is 1. The van der Waals surface area contributed by atoms with E-state index < -0.39 is 11.0 Å². The van der Waals surface area contributed by atoms with E-state index in [9.17, 15) is 9.00 Å². The van der Waals surface area contributed by atoms with Crippen LogP contribution in [0.25, 0.3) is 0 Å². The second kappa shape index (κ2) is 13.1. The molecule has 0 aliphatic rings. The lowest BCUT2D eigenvalue weighted by Gasteiger charge is -2.25. The molecule has 7 heteroatoms. The first-order chi connectivity index (χ1) is 14.9. The third-order valence-corrected chi connectivity index (χ3v) is 5.98. The van der Waals surface area contributed by atoms with Crippen LogP contribution in [0.3, 0.4) is 0 Å². The zero-order valence-electron chi connectivity index (χ0n) is 18.9. The second-order valence-electron chi connectivity index (χ2n) is 7.62. The van der Waals surface area contributed by atoms with Gasteiger partial charge in [0, 0.05) is 31.3 Å². The lowest BCUT2D eigenvalue weighted by Crippen LogP contribution is -2.39. The SMILES string of the molecule is CCCS(=O)NCCN(Cc1ccc(OCc2ccccc2)c(OC)c1)C(=O)C(C)C. The summed E-state index contributed by atoms with van der Waals surface area (Å²) in [5.74, 6) is 1.85. The molecule has 0 fully saturated rings. The van der Waals surface area contributed by atoms with Gasteiger partial charge in [-0.1, -0.05) is 57.2 Å². The molecular formula is C24H34N2O4S. The Morgan fingerprint density at radius 1 is 1.10 bits per heavy atom. The first-order valence-electron chi connectivity index (χ1n) is 10.7. The molecule has 1 N–H and O–H groups in total. The van der Waals surface area contributed by atoms with Crippen molar-refractivity contribution in [3.8, 4) is 11.5 Å². The number of carbonyl (C=O) groups is 1. The van der Waals surface area contributed by atoms with Crippen LogP contribution in [0.1, 0.15) is 38.3 Å². The minimum atomic E-state index is -1.06. The second-order valence-corrected chi connectivity index (χ2v) is 9.01. The molecular weight excluding hydrogens is 412 g/mol. The van der Waals surface area contributed by atoms with Gasteiger partial charge in [0.1, 0.15) is 6.61 Å². The Hall–Kier alpha value is -2.38. The number of rotatable bonds is 13. The van der Waals surface area contributed by atoms with Crippen LogP contribution >= 0.6 is 0 Å². The summed E-state index contributed by atoms with van der Waals surface area (Å²) in [6, 6.07) is 15.7. The van der Waals surface area contributed by atoms with Crippen molar-refractivity contribution in [2.45, 2.75) is 40.3 Å². The Morgan fingerprint density at radius 2 is 1.84 bits per heavy atom. The average molecular weight is 447 g/mol. The molecule has 0 bridgehead atoms. The Bertz CT molecular complexity index is 843. The minimum absolute atomic E-state index is 0.0615. The topological polar surface area (TPSA) is 67.9 Å². The molecule has 0 aliphatic carbocycles. The average Bonchev–Trinajstić information content (AvgIpc) is 2.77. The van der Waals surface area contributed by atoms with Gasteiger partial charge < -0.3 is 14.4 Å². The van der Waals surface area contributed by atoms with E-state index in [0.29, 0.717) is 43.5 Å². The van der Waals surface area contributed by atoms with E-state index in [4.69, 9.17) is 9.47 Å². The molecule has 0 aromatic heterocycles. The number of methoxy groups -OCH3 is 1. The molecule has 170 valence electrons. The molecule has 31 heavy (non-hydrogen) atoms. The Morgan fingerprint density at radius 3 is 2.48 bits per heavy atom. The summed E-state index contributed by atoms with van der Waals surface area (Å²) in [4.78, 5) is 14.5. The summed E-state index contributed by atoms with van der Waals surface area (Å²) in [6.45, 7) is 7.65. The van der Waals surface area contributed by atoms with E-state index in [-0.39, 0.29) is 11.8 Å². The summed E-state index contributed by atoms with van der Waals surface area (Å²) in [5, 5.41) is 0. The monoisotopic (exact) mass is 446 g/mol. The third kappa shape index (κ3) is 8.34. The van der Waals surface area contributed by atoms with Gasteiger partial charge in [0.15, 0.2) is 11.5 Å². The molecule has 6 nitrogen and oxygen atoms in total. The highest BCUT2D eigenvalue weighted by Crippen LogP contribution is 2.29. The van der Waals surface area contributed by atoms with Crippen molar-refractivity contribution in [3.05, 3.63) is 59.7 Å². The van der Waals surface area contributed by atoms with Gasteiger partial charge in [0.25, 0.3) is 0 Å². The van der Waals surface area contributed by atoms with Gasteiger partial charge in [-0.2, -0.15) is 0 Å². The number of nitrogens with zero attached hydrogens (tertiary/aromatic N) is 1. The molecule has 2 aromatic rings. The quantitative estimate of drug-likeness (QED) is 0.506. The number of ether oxygens (including phenoxy) is 2. The lowest BCUT2D eigenvalue weighted by atomic mass is 10.1. The molecule has 0 aliphatic heterocycles. The van der Waals surface area contributed by atoms with Crippen molar-refractivity contribution >= 4 is 16.9 Å². The first kappa shape index (κ1) is 24.9. The van der Waals surface area contributed by atoms with Gasteiger partial charge in [0.05, 0.1) is 18.1 Å². The van der Waals surface area contributed by atoms with Gasteiger partial charge in [0.2, 0.25) is 5.91 Å². The number of benzene rings is 2. The molecule has 2 aromatic carbocycles.